The fourth-order valence-corrected chi connectivity index (χ4v) is 1.85. The van der Waals surface area contributed by atoms with Crippen LogP contribution in [0.25, 0.3) is 0 Å². The highest BCUT2D eigenvalue weighted by molar-refractivity contribution is 7.80. The number of carbonyl (C=O) groups excluding carboxylic acids is 1. The summed E-state index contributed by atoms with van der Waals surface area (Å²) in [5.41, 5.74) is 1.25. The molecule has 0 aliphatic carbocycles. The topological polar surface area (TPSA) is 52.9 Å². The van der Waals surface area contributed by atoms with Crippen molar-refractivity contribution < 1.29 is 4.79 Å². The first-order chi connectivity index (χ1) is 9.10. The summed E-state index contributed by atoms with van der Waals surface area (Å²) in [6.07, 6.45) is 0. The Hall–Kier alpha value is -1.96. The number of nitriles is 1. The van der Waals surface area contributed by atoms with E-state index in [0.29, 0.717) is 21.8 Å². The SMILES string of the molecule is N#Cc1ccc(Cl)cc1NC(=O)c1ccc(S)cc1. The zero-order valence-corrected chi connectivity index (χ0v) is 11.4. The Morgan fingerprint density at radius 3 is 2.53 bits per heavy atom. The Balaban J connectivity index is 2.26. The normalized spacial score (nSPS) is 9.74. The fraction of sp³-hybridized carbons (Fsp3) is 0. The number of halogens is 1. The largest absolute Gasteiger partial charge is 0.321 e. The van der Waals surface area contributed by atoms with Crippen LogP contribution in [0.1, 0.15) is 15.9 Å². The number of amides is 1. The first-order valence-corrected chi connectivity index (χ1v) is 6.22. The van der Waals surface area contributed by atoms with Gasteiger partial charge in [0.15, 0.2) is 0 Å². The van der Waals surface area contributed by atoms with E-state index in [1.807, 2.05) is 6.07 Å². The highest BCUT2D eigenvalue weighted by Crippen LogP contribution is 2.21. The van der Waals surface area contributed by atoms with Crippen molar-refractivity contribution in [2.45, 2.75) is 4.90 Å². The number of hydrogen-bond donors (Lipinski definition) is 2. The highest BCUT2D eigenvalue weighted by atomic mass is 35.5. The summed E-state index contributed by atoms with van der Waals surface area (Å²) >= 11 is 10.0. The Kier molecular flexibility index (Phi) is 4.10. The minimum Gasteiger partial charge on any atom is -0.321 e. The molecule has 94 valence electrons. The lowest BCUT2D eigenvalue weighted by molar-refractivity contribution is 0.102. The van der Waals surface area contributed by atoms with Crippen molar-refractivity contribution in [2.24, 2.45) is 0 Å². The number of nitrogens with zero attached hydrogens (tertiary/aromatic N) is 1. The molecule has 0 unspecified atom stereocenters. The third-order valence-corrected chi connectivity index (χ3v) is 3.01. The monoisotopic (exact) mass is 288 g/mol. The van der Waals surface area contributed by atoms with Crippen LogP contribution in [-0.4, -0.2) is 5.91 Å². The van der Waals surface area contributed by atoms with Gasteiger partial charge in [0.2, 0.25) is 0 Å². The Labute approximate surface area is 121 Å². The van der Waals surface area contributed by atoms with Crippen molar-refractivity contribution in [3.8, 4) is 6.07 Å². The van der Waals surface area contributed by atoms with Crippen LogP contribution >= 0.6 is 24.2 Å². The van der Waals surface area contributed by atoms with Gasteiger partial charge >= 0.3 is 0 Å². The standard InChI is InChI=1S/C14H9ClN2OS/c15-11-4-1-10(8-16)13(7-11)17-14(18)9-2-5-12(19)6-3-9/h1-7,19H,(H,17,18). The Morgan fingerprint density at radius 1 is 1.21 bits per heavy atom. The number of benzene rings is 2. The number of rotatable bonds is 2. The maximum Gasteiger partial charge on any atom is 0.255 e. The van der Waals surface area contributed by atoms with E-state index in [0.717, 1.165) is 4.90 Å². The molecular formula is C14H9ClN2OS. The summed E-state index contributed by atoms with van der Waals surface area (Å²) in [7, 11) is 0. The molecule has 5 heteroatoms. The van der Waals surface area contributed by atoms with Gasteiger partial charge in [-0.1, -0.05) is 11.6 Å². The quantitative estimate of drug-likeness (QED) is 0.827. The number of carbonyl (C=O) groups is 1. The molecule has 2 aromatic carbocycles. The maximum atomic E-state index is 12.0. The van der Waals surface area contributed by atoms with Crippen LogP contribution in [0, 0.1) is 11.3 Å². The molecule has 0 bridgehead atoms. The molecule has 3 nitrogen and oxygen atoms in total. The predicted molar refractivity (Wildman–Crippen MR) is 77.8 cm³/mol. The third kappa shape index (κ3) is 3.28. The van der Waals surface area contributed by atoms with Crippen molar-refractivity contribution in [3.63, 3.8) is 0 Å². The lowest BCUT2D eigenvalue weighted by atomic mass is 10.1. The van der Waals surface area contributed by atoms with Gasteiger partial charge in [-0.3, -0.25) is 4.79 Å². The molecule has 0 heterocycles. The molecule has 0 spiro atoms. The number of hydrogen-bond acceptors (Lipinski definition) is 3. The Bertz CT molecular complexity index is 662. The summed E-state index contributed by atoms with van der Waals surface area (Å²) in [4.78, 5) is 12.8. The van der Waals surface area contributed by atoms with Crippen molar-refractivity contribution in [1.82, 2.24) is 0 Å². The maximum absolute atomic E-state index is 12.0. The van der Waals surface area contributed by atoms with Gasteiger partial charge in [-0.05, 0) is 42.5 Å². The average molecular weight is 289 g/mol. The molecule has 0 saturated heterocycles. The van der Waals surface area contributed by atoms with Crippen molar-refractivity contribution in [2.75, 3.05) is 5.32 Å². The molecular weight excluding hydrogens is 280 g/mol. The summed E-state index contributed by atoms with van der Waals surface area (Å²) in [5, 5.41) is 12.1. The van der Waals surface area contributed by atoms with Crippen LogP contribution in [0.5, 0.6) is 0 Å². The minimum absolute atomic E-state index is 0.299. The van der Waals surface area contributed by atoms with Crippen molar-refractivity contribution in [3.05, 3.63) is 58.6 Å². The minimum atomic E-state index is -0.299. The summed E-state index contributed by atoms with van der Waals surface area (Å²) < 4.78 is 0. The second-order valence-corrected chi connectivity index (χ2v) is 4.76. The molecule has 2 aromatic rings. The summed E-state index contributed by atoms with van der Waals surface area (Å²) in [6, 6.07) is 13.5. The van der Waals surface area contributed by atoms with Crippen LogP contribution < -0.4 is 5.32 Å². The summed E-state index contributed by atoms with van der Waals surface area (Å²) in [6.45, 7) is 0. The van der Waals surface area contributed by atoms with Crippen LogP contribution in [0.15, 0.2) is 47.4 Å². The molecule has 1 N–H and O–H groups in total. The van der Waals surface area contributed by atoms with E-state index >= 15 is 0 Å². The second-order valence-electron chi connectivity index (χ2n) is 3.80. The van der Waals surface area contributed by atoms with E-state index in [2.05, 4.69) is 17.9 Å². The van der Waals surface area contributed by atoms with Gasteiger partial charge < -0.3 is 5.32 Å². The number of nitrogens with one attached hydrogen (secondary N) is 1. The van der Waals surface area contributed by atoms with E-state index in [1.165, 1.54) is 0 Å². The lowest BCUT2D eigenvalue weighted by Crippen LogP contribution is -2.12. The van der Waals surface area contributed by atoms with Gasteiger partial charge in [0.1, 0.15) is 6.07 Å². The van der Waals surface area contributed by atoms with Crippen LogP contribution in [0.2, 0.25) is 5.02 Å². The van der Waals surface area contributed by atoms with Gasteiger partial charge in [-0.15, -0.1) is 12.6 Å². The first-order valence-electron chi connectivity index (χ1n) is 5.40. The highest BCUT2D eigenvalue weighted by Gasteiger charge is 2.09. The van der Waals surface area contributed by atoms with Crippen LogP contribution in [-0.2, 0) is 0 Å². The fourth-order valence-electron chi connectivity index (χ4n) is 1.52. The van der Waals surface area contributed by atoms with E-state index in [9.17, 15) is 4.79 Å². The molecule has 0 saturated carbocycles. The van der Waals surface area contributed by atoms with E-state index < -0.39 is 0 Å². The van der Waals surface area contributed by atoms with Gasteiger partial charge in [0.05, 0.1) is 11.3 Å². The lowest BCUT2D eigenvalue weighted by Gasteiger charge is -2.07. The molecule has 0 aliphatic rings. The molecule has 19 heavy (non-hydrogen) atoms. The second kappa shape index (κ2) is 5.79. The smallest absolute Gasteiger partial charge is 0.255 e. The first kappa shape index (κ1) is 13.5. The Morgan fingerprint density at radius 2 is 1.89 bits per heavy atom. The molecule has 0 atom stereocenters. The predicted octanol–water partition coefficient (Wildman–Crippen LogP) is 3.75. The van der Waals surface area contributed by atoms with Crippen molar-refractivity contribution >= 4 is 35.8 Å². The van der Waals surface area contributed by atoms with E-state index in [-0.39, 0.29) is 5.91 Å². The van der Waals surface area contributed by atoms with E-state index in [4.69, 9.17) is 16.9 Å². The zero-order valence-electron chi connectivity index (χ0n) is 9.72. The van der Waals surface area contributed by atoms with Gasteiger partial charge in [-0.25, -0.2) is 0 Å². The van der Waals surface area contributed by atoms with Gasteiger partial charge in [-0.2, -0.15) is 5.26 Å². The summed E-state index contributed by atoms with van der Waals surface area (Å²) in [5.74, 6) is -0.299. The van der Waals surface area contributed by atoms with Crippen molar-refractivity contribution in [1.29, 1.82) is 5.26 Å². The van der Waals surface area contributed by atoms with Crippen LogP contribution in [0.3, 0.4) is 0 Å². The zero-order chi connectivity index (χ0) is 13.8. The molecule has 0 aliphatic heterocycles. The third-order valence-electron chi connectivity index (χ3n) is 2.48. The van der Waals surface area contributed by atoms with Crippen LogP contribution in [0.4, 0.5) is 5.69 Å². The van der Waals surface area contributed by atoms with E-state index in [1.54, 1.807) is 42.5 Å². The molecule has 1 amide bonds. The molecule has 0 fully saturated rings. The average Bonchev–Trinajstić information content (AvgIpc) is 2.39. The van der Waals surface area contributed by atoms with Gasteiger partial charge in [0.25, 0.3) is 5.91 Å². The molecule has 2 rings (SSSR count). The number of anilines is 1. The molecule has 0 aromatic heterocycles. The van der Waals surface area contributed by atoms with Gasteiger partial charge in [0, 0.05) is 15.5 Å². The number of thiol groups is 1. The molecule has 0 radical (unpaired) electrons.